The number of rotatable bonds is 5. The smallest absolute Gasteiger partial charge is 0.166 e. The average molecular weight is 295 g/mol. The molecule has 0 bridgehead atoms. The van der Waals surface area contributed by atoms with Crippen molar-refractivity contribution in [2.75, 3.05) is 11.9 Å². The van der Waals surface area contributed by atoms with Gasteiger partial charge in [0.25, 0.3) is 0 Å². The Morgan fingerprint density at radius 3 is 3.00 bits per heavy atom. The first-order valence-corrected chi connectivity index (χ1v) is 6.22. The molecule has 2 rings (SSSR count). The molecule has 1 atom stereocenters. The van der Waals surface area contributed by atoms with Crippen molar-refractivity contribution in [1.82, 2.24) is 14.8 Å². The van der Waals surface area contributed by atoms with Crippen molar-refractivity contribution in [1.29, 1.82) is 5.26 Å². The summed E-state index contributed by atoms with van der Waals surface area (Å²) in [5.74, 6) is -0.679. The molecule has 0 unspecified atom stereocenters. The summed E-state index contributed by atoms with van der Waals surface area (Å²) in [5.41, 5.74) is 5.63. The Kier molecular flexibility index (Phi) is 4.50. The van der Waals surface area contributed by atoms with E-state index in [1.54, 1.807) is 29.2 Å². The van der Waals surface area contributed by atoms with Crippen molar-refractivity contribution in [2.24, 2.45) is 5.73 Å². The first-order chi connectivity index (χ1) is 9.63. The van der Waals surface area contributed by atoms with Gasteiger partial charge >= 0.3 is 0 Å². The van der Waals surface area contributed by atoms with E-state index in [4.69, 9.17) is 22.6 Å². The van der Waals surface area contributed by atoms with Crippen molar-refractivity contribution in [3.63, 3.8) is 0 Å². The van der Waals surface area contributed by atoms with Gasteiger partial charge in [-0.1, -0.05) is 11.6 Å². The third-order valence-corrected chi connectivity index (χ3v) is 2.93. The molecule has 0 aliphatic heterocycles. The van der Waals surface area contributed by atoms with Crippen LogP contribution >= 0.6 is 11.6 Å². The minimum atomic E-state index is -0.648. The van der Waals surface area contributed by atoms with Gasteiger partial charge in [0.2, 0.25) is 0 Å². The number of nitriles is 1. The second kappa shape index (κ2) is 6.32. The molecular weight excluding hydrogens is 283 g/mol. The number of nitrogens with two attached hydrogens (primary N) is 1. The van der Waals surface area contributed by atoms with E-state index in [1.807, 2.05) is 0 Å². The van der Waals surface area contributed by atoms with Crippen molar-refractivity contribution < 1.29 is 4.39 Å². The highest BCUT2D eigenvalue weighted by molar-refractivity contribution is 6.30. The van der Waals surface area contributed by atoms with E-state index < -0.39 is 5.82 Å². The van der Waals surface area contributed by atoms with Gasteiger partial charge in [-0.3, -0.25) is 4.68 Å². The molecule has 6 nitrogen and oxygen atoms in total. The molecule has 0 aromatic carbocycles. The van der Waals surface area contributed by atoms with Crippen LogP contribution in [0.3, 0.4) is 0 Å². The molecule has 0 aliphatic carbocycles. The highest BCUT2D eigenvalue weighted by atomic mass is 35.5. The maximum Gasteiger partial charge on any atom is 0.166 e. The van der Waals surface area contributed by atoms with Crippen molar-refractivity contribution in [2.45, 2.75) is 12.6 Å². The van der Waals surface area contributed by atoms with Crippen molar-refractivity contribution in [3.05, 3.63) is 41.1 Å². The van der Waals surface area contributed by atoms with Crippen LogP contribution in [0.5, 0.6) is 0 Å². The van der Waals surface area contributed by atoms with Crippen LogP contribution in [0.15, 0.2) is 24.5 Å². The Morgan fingerprint density at radius 1 is 1.60 bits per heavy atom. The Morgan fingerprint density at radius 2 is 2.40 bits per heavy atom. The monoisotopic (exact) mass is 294 g/mol. The standard InChI is InChI=1S/C12H12ClFN6/c13-11-8(5-15)4-10(14)12(19-11)18-9(6-16)7-20-3-1-2-17-20/h1-4,9H,6-7,16H2,(H,18,19)/t9-/m0/s1. The van der Waals surface area contributed by atoms with Gasteiger partial charge in [0, 0.05) is 18.9 Å². The van der Waals surface area contributed by atoms with Crippen LogP contribution < -0.4 is 11.1 Å². The van der Waals surface area contributed by atoms with Gasteiger partial charge in [0.05, 0.1) is 18.2 Å². The molecule has 0 saturated heterocycles. The van der Waals surface area contributed by atoms with Crippen LogP contribution in [-0.2, 0) is 6.54 Å². The molecule has 2 heterocycles. The van der Waals surface area contributed by atoms with E-state index in [9.17, 15) is 4.39 Å². The van der Waals surface area contributed by atoms with E-state index in [-0.39, 0.29) is 29.1 Å². The second-order valence-electron chi connectivity index (χ2n) is 4.07. The predicted molar refractivity (Wildman–Crippen MR) is 72.6 cm³/mol. The molecule has 3 N–H and O–H groups in total. The van der Waals surface area contributed by atoms with Gasteiger partial charge in [-0.2, -0.15) is 10.4 Å². The Balaban J connectivity index is 2.15. The maximum absolute atomic E-state index is 13.8. The predicted octanol–water partition coefficient (Wildman–Crippen LogP) is 1.38. The number of hydrogen-bond acceptors (Lipinski definition) is 5. The zero-order valence-corrected chi connectivity index (χ0v) is 11.2. The fourth-order valence-corrected chi connectivity index (χ4v) is 1.83. The number of pyridine rings is 1. The SMILES string of the molecule is N#Cc1cc(F)c(N[C@@H](CN)Cn2cccn2)nc1Cl. The molecular formula is C12H12ClFN6. The van der Waals surface area contributed by atoms with E-state index in [0.717, 1.165) is 6.07 Å². The molecule has 0 saturated carbocycles. The summed E-state index contributed by atoms with van der Waals surface area (Å²) in [4.78, 5) is 3.83. The molecule has 0 spiro atoms. The molecule has 0 fully saturated rings. The van der Waals surface area contributed by atoms with Gasteiger partial charge in [-0.15, -0.1) is 0 Å². The van der Waals surface area contributed by atoms with E-state index >= 15 is 0 Å². The first-order valence-electron chi connectivity index (χ1n) is 5.84. The summed E-state index contributed by atoms with van der Waals surface area (Å²) < 4.78 is 15.5. The fraction of sp³-hybridized carbons (Fsp3) is 0.250. The number of aromatic nitrogens is 3. The summed E-state index contributed by atoms with van der Waals surface area (Å²) in [5, 5.41) is 15.6. The quantitative estimate of drug-likeness (QED) is 0.813. The summed E-state index contributed by atoms with van der Waals surface area (Å²) in [6, 6.07) is 4.33. The first kappa shape index (κ1) is 14.2. The van der Waals surface area contributed by atoms with Gasteiger partial charge in [-0.05, 0) is 12.1 Å². The summed E-state index contributed by atoms with van der Waals surface area (Å²) in [6.07, 6.45) is 3.42. The number of nitrogens with one attached hydrogen (secondary N) is 1. The molecule has 104 valence electrons. The molecule has 2 aromatic heterocycles. The number of hydrogen-bond donors (Lipinski definition) is 2. The van der Waals surface area contributed by atoms with E-state index in [2.05, 4.69) is 15.4 Å². The Labute approximate surface area is 120 Å². The van der Waals surface area contributed by atoms with Crippen molar-refractivity contribution >= 4 is 17.4 Å². The fourth-order valence-electron chi connectivity index (χ4n) is 1.65. The lowest BCUT2D eigenvalue weighted by Gasteiger charge is -2.18. The third kappa shape index (κ3) is 3.23. The van der Waals surface area contributed by atoms with Gasteiger partial charge < -0.3 is 11.1 Å². The molecule has 0 amide bonds. The van der Waals surface area contributed by atoms with Crippen LogP contribution in [0, 0.1) is 17.1 Å². The summed E-state index contributed by atoms with van der Waals surface area (Å²) in [7, 11) is 0. The second-order valence-corrected chi connectivity index (χ2v) is 4.43. The average Bonchev–Trinajstić information content (AvgIpc) is 2.94. The highest BCUT2D eigenvalue weighted by Gasteiger charge is 2.14. The lowest BCUT2D eigenvalue weighted by atomic mass is 10.2. The minimum Gasteiger partial charge on any atom is -0.362 e. The Hall–Kier alpha value is -2.17. The van der Waals surface area contributed by atoms with Crippen LogP contribution in [0.25, 0.3) is 0 Å². The van der Waals surface area contributed by atoms with Crippen molar-refractivity contribution in [3.8, 4) is 6.07 Å². The normalized spacial score (nSPS) is 11.9. The van der Waals surface area contributed by atoms with Gasteiger partial charge in [0.15, 0.2) is 11.6 Å². The largest absolute Gasteiger partial charge is 0.362 e. The number of anilines is 1. The van der Waals surface area contributed by atoms with Crippen LogP contribution in [0.2, 0.25) is 5.15 Å². The van der Waals surface area contributed by atoms with Gasteiger partial charge in [0.1, 0.15) is 11.2 Å². The minimum absolute atomic E-state index is 0.00825. The molecule has 20 heavy (non-hydrogen) atoms. The number of halogens is 2. The topological polar surface area (TPSA) is 92.6 Å². The lowest BCUT2D eigenvalue weighted by molar-refractivity contribution is 0.533. The zero-order chi connectivity index (χ0) is 14.5. The van der Waals surface area contributed by atoms with Crippen LogP contribution in [-0.4, -0.2) is 27.4 Å². The Bertz CT molecular complexity index is 622. The molecule has 0 radical (unpaired) electrons. The third-order valence-electron chi connectivity index (χ3n) is 2.64. The zero-order valence-electron chi connectivity index (χ0n) is 10.4. The maximum atomic E-state index is 13.8. The van der Waals surface area contributed by atoms with Gasteiger partial charge in [-0.25, -0.2) is 9.37 Å². The molecule has 8 heteroatoms. The van der Waals surface area contributed by atoms with E-state index in [1.165, 1.54) is 0 Å². The highest BCUT2D eigenvalue weighted by Crippen LogP contribution is 2.20. The number of nitrogens with zero attached hydrogens (tertiary/aromatic N) is 4. The summed E-state index contributed by atoms with van der Waals surface area (Å²) >= 11 is 5.78. The molecule has 2 aromatic rings. The lowest BCUT2D eigenvalue weighted by Crippen LogP contribution is -2.34. The van der Waals surface area contributed by atoms with E-state index in [0.29, 0.717) is 6.54 Å². The summed E-state index contributed by atoms with van der Waals surface area (Å²) in [6.45, 7) is 0.723. The van der Waals surface area contributed by atoms with Crippen LogP contribution in [0.1, 0.15) is 5.56 Å². The van der Waals surface area contributed by atoms with Crippen LogP contribution in [0.4, 0.5) is 10.2 Å². The molecule has 0 aliphatic rings.